The summed E-state index contributed by atoms with van der Waals surface area (Å²) in [6.07, 6.45) is -0.0896. The molecular formula is C22H22N4O3. The van der Waals surface area contributed by atoms with E-state index in [4.69, 9.17) is 4.74 Å². The zero-order chi connectivity index (χ0) is 20.4. The molecule has 0 spiro atoms. The molecule has 2 aromatic carbocycles. The summed E-state index contributed by atoms with van der Waals surface area (Å²) in [5.74, 6) is -0.475. The summed E-state index contributed by atoms with van der Waals surface area (Å²) in [5.41, 5.74) is 4.70. The topological polar surface area (TPSA) is 85.3 Å². The number of rotatable bonds is 4. The van der Waals surface area contributed by atoms with E-state index in [9.17, 15) is 9.59 Å². The number of nitrogens with one attached hydrogen (secondary N) is 2. The van der Waals surface area contributed by atoms with Crippen molar-refractivity contribution >= 4 is 23.2 Å². The Labute approximate surface area is 168 Å². The van der Waals surface area contributed by atoms with Gasteiger partial charge < -0.3 is 15.4 Å². The summed E-state index contributed by atoms with van der Waals surface area (Å²) in [7, 11) is 0. The number of carbonyl (C=O) groups is 2. The molecule has 0 unspecified atom stereocenters. The van der Waals surface area contributed by atoms with E-state index < -0.39 is 0 Å². The molecule has 3 aromatic rings. The van der Waals surface area contributed by atoms with Crippen LogP contribution in [-0.4, -0.2) is 21.6 Å². The van der Waals surface area contributed by atoms with Crippen molar-refractivity contribution in [1.82, 2.24) is 9.78 Å². The highest BCUT2D eigenvalue weighted by molar-refractivity contribution is 6.03. The zero-order valence-electron chi connectivity index (χ0n) is 16.3. The number of amides is 2. The molecule has 0 aliphatic carbocycles. The molecule has 1 aliphatic rings. The first-order chi connectivity index (χ1) is 14.0. The minimum atomic E-state index is -0.307. The Morgan fingerprint density at radius 1 is 1.07 bits per heavy atom. The van der Waals surface area contributed by atoms with Crippen molar-refractivity contribution in [3.63, 3.8) is 0 Å². The van der Waals surface area contributed by atoms with E-state index >= 15 is 0 Å². The monoisotopic (exact) mass is 390 g/mol. The summed E-state index contributed by atoms with van der Waals surface area (Å²) in [5, 5.41) is 9.98. The largest absolute Gasteiger partial charge is 0.365 e. The Balaban J connectivity index is 1.47. The van der Waals surface area contributed by atoms with Crippen molar-refractivity contribution in [2.24, 2.45) is 0 Å². The summed E-state index contributed by atoms with van der Waals surface area (Å²) >= 11 is 0. The Morgan fingerprint density at radius 3 is 2.52 bits per heavy atom. The highest BCUT2D eigenvalue weighted by Crippen LogP contribution is 2.27. The van der Waals surface area contributed by atoms with Gasteiger partial charge in [0.2, 0.25) is 5.91 Å². The number of anilines is 2. The molecule has 0 fully saturated rings. The standard InChI is InChI=1S/C22H22N4O3/c1-14-6-8-16(9-7-14)21-12-26-19(13-29-21)11-20(25-26)22(28)24-18-5-3-4-17(10-18)23-15(2)27/h3-11,21H,12-13H2,1-2H3,(H,23,27)(H,24,28)/t21-/m1/s1. The van der Waals surface area contributed by atoms with E-state index in [0.29, 0.717) is 30.2 Å². The van der Waals surface area contributed by atoms with Crippen LogP contribution in [0.15, 0.2) is 54.6 Å². The van der Waals surface area contributed by atoms with Gasteiger partial charge in [-0.25, -0.2) is 0 Å². The second kappa shape index (κ2) is 7.89. The van der Waals surface area contributed by atoms with Crippen LogP contribution < -0.4 is 10.6 Å². The summed E-state index contributed by atoms with van der Waals surface area (Å²) in [6, 6.07) is 17.0. The van der Waals surface area contributed by atoms with Gasteiger partial charge in [0.25, 0.3) is 5.91 Å². The Kier molecular flexibility index (Phi) is 5.14. The average Bonchev–Trinajstić information content (AvgIpc) is 3.12. The summed E-state index contributed by atoms with van der Waals surface area (Å²) in [4.78, 5) is 23.8. The molecule has 0 saturated heterocycles. The fraction of sp³-hybridized carbons (Fsp3) is 0.227. The lowest BCUT2D eigenvalue weighted by Gasteiger charge is -2.24. The van der Waals surface area contributed by atoms with Gasteiger partial charge in [0, 0.05) is 18.3 Å². The van der Waals surface area contributed by atoms with Gasteiger partial charge >= 0.3 is 0 Å². The Morgan fingerprint density at radius 2 is 1.79 bits per heavy atom. The third-order valence-corrected chi connectivity index (χ3v) is 4.76. The first-order valence-corrected chi connectivity index (χ1v) is 9.42. The lowest BCUT2D eigenvalue weighted by molar-refractivity contribution is -0.114. The maximum Gasteiger partial charge on any atom is 0.276 e. The predicted octanol–water partition coefficient (Wildman–Crippen LogP) is 3.67. The molecule has 29 heavy (non-hydrogen) atoms. The van der Waals surface area contributed by atoms with Crippen molar-refractivity contribution in [3.05, 3.63) is 77.1 Å². The molecule has 0 saturated carbocycles. The first-order valence-electron chi connectivity index (χ1n) is 9.42. The molecule has 7 nitrogen and oxygen atoms in total. The van der Waals surface area contributed by atoms with Gasteiger partial charge in [0.1, 0.15) is 6.10 Å². The fourth-order valence-electron chi connectivity index (χ4n) is 3.29. The molecule has 0 radical (unpaired) electrons. The third kappa shape index (κ3) is 4.35. The van der Waals surface area contributed by atoms with E-state index in [0.717, 1.165) is 11.3 Å². The quantitative estimate of drug-likeness (QED) is 0.712. The van der Waals surface area contributed by atoms with Gasteiger partial charge in [-0.1, -0.05) is 35.9 Å². The number of aromatic nitrogens is 2. The number of hydrogen-bond acceptors (Lipinski definition) is 4. The summed E-state index contributed by atoms with van der Waals surface area (Å²) < 4.78 is 7.79. The molecule has 2 N–H and O–H groups in total. The van der Waals surface area contributed by atoms with Crippen LogP contribution in [0.1, 0.15) is 40.3 Å². The van der Waals surface area contributed by atoms with Crippen molar-refractivity contribution in [2.45, 2.75) is 33.1 Å². The first kappa shape index (κ1) is 18.9. The third-order valence-electron chi connectivity index (χ3n) is 4.76. The minimum Gasteiger partial charge on any atom is -0.365 e. The SMILES string of the molecule is CC(=O)Nc1cccc(NC(=O)c2cc3n(n2)C[C@H](c2ccc(C)cc2)OC3)c1. The van der Waals surface area contributed by atoms with Crippen molar-refractivity contribution in [2.75, 3.05) is 10.6 Å². The molecule has 7 heteroatoms. The maximum atomic E-state index is 12.6. The van der Waals surface area contributed by atoms with Crippen LogP contribution in [0.3, 0.4) is 0 Å². The number of fused-ring (bicyclic) bond motifs is 1. The van der Waals surface area contributed by atoms with Crippen LogP contribution >= 0.6 is 0 Å². The molecule has 0 bridgehead atoms. The van der Waals surface area contributed by atoms with E-state index in [-0.39, 0.29) is 17.9 Å². The van der Waals surface area contributed by atoms with E-state index in [2.05, 4.69) is 40.0 Å². The van der Waals surface area contributed by atoms with Crippen LogP contribution in [0.2, 0.25) is 0 Å². The number of ether oxygens (including phenoxy) is 1. The lowest BCUT2D eigenvalue weighted by atomic mass is 10.1. The average molecular weight is 390 g/mol. The number of benzene rings is 2. The lowest BCUT2D eigenvalue weighted by Crippen LogP contribution is -2.22. The predicted molar refractivity (Wildman–Crippen MR) is 110 cm³/mol. The number of carbonyl (C=O) groups excluding carboxylic acids is 2. The molecule has 1 atom stereocenters. The van der Waals surface area contributed by atoms with Gasteiger partial charge in [-0.2, -0.15) is 5.10 Å². The van der Waals surface area contributed by atoms with Gasteiger partial charge in [-0.3, -0.25) is 14.3 Å². The van der Waals surface area contributed by atoms with Crippen molar-refractivity contribution < 1.29 is 14.3 Å². The van der Waals surface area contributed by atoms with Crippen molar-refractivity contribution in [3.8, 4) is 0 Å². The smallest absolute Gasteiger partial charge is 0.276 e. The molecule has 148 valence electrons. The molecule has 1 aromatic heterocycles. The molecule has 2 heterocycles. The number of aryl methyl sites for hydroxylation is 1. The maximum absolute atomic E-state index is 12.6. The van der Waals surface area contributed by atoms with Gasteiger partial charge in [0.15, 0.2) is 5.69 Å². The highest BCUT2D eigenvalue weighted by atomic mass is 16.5. The van der Waals surface area contributed by atoms with Crippen molar-refractivity contribution in [1.29, 1.82) is 0 Å². The molecule has 1 aliphatic heterocycles. The van der Waals surface area contributed by atoms with Gasteiger partial charge in [-0.05, 0) is 36.8 Å². The van der Waals surface area contributed by atoms with E-state index in [1.807, 2.05) is 11.6 Å². The Hall–Kier alpha value is -3.45. The van der Waals surface area contributed by atoms with Crippen LogP contribution in [0, 0.1) is 6.92 Å². The van der Waals surface area contributed by atoms with Crippen LogP contribution in [0.4, 0.5) is 11.4 Å². The zero-order valence-corrected chi connectivity index (χ0v) is 16.3. The van der Waals surface area contributed by atoms with E-state index in [1.165, 1.54) is 12.5 Å². The second-order valence-electron chi connectivity index (χ2n) is 7.13. The van der Waals surface area contributed by atoms with Gasteiger partial charge in [0.05, 0.1) is 18.8 Å². The number of nitrogens with zero attached hydrogens (tertiary/aromatic N) is 2. The molecule has 4 rings (SSSR count). The Bertz CT molecular complexity index is 1060. The molecule has 2 amide bonds. The molecular weight excluding hydrogens is 368 g/mol. The second-order valence-corrected chi connectivity index (χ2v) is 7.13. The minimum absolute atomic E-state index is 0.0896. The fourth-order valence-corrected chi connectivity index (χ4v) is 3.29. The summed E-state index contributed by atoms with van der Waals surface area (Å²) in [6.45, 7) is 4.45. The van der Waals surface area contributed by atoms with Crippen LogP contribution in [0.5, 0.6) is 0 Å². The van der Waals surface area contributed by atoms with E-state index in [1.54, 1.807) is 30.3 Å². The van der Waals surface area contributed by atoms with Crippen LogP contribution in [-0.2, 0) is 22.7 Å². The normalized spacial score (nSPS) is 15.4. The van der Waals surface area contributed by atoms with Crippen LogP contribution in [0.25, 0.3) is 0 Å². The number of hydrogen-bond donors (Lipinski definition) is 2. The van der Waals surface area contributed by atoms with Gasteiger partial charge in [-0.15, -0.1) is 0 Å². The highest BCUT2D eigenvalue weighted by Gasteiger charge is 2.24.